The van der Waals surface area contributed by atoms with Gasteiger partial charge in [-0.3, -0.25) is 4.79 Å². The molecule has 6 nitrogen and oxygen atoms in total. The molecule has 2 aromatic carbocycles. The van der Waals surface area contributed by atoms with Gasteiger partial charge in [-0.05, 0) is 48.2 Å². The maximum atomic E-state index is 12.9. The molecule has 142 valence electrons. The minimum absolute atomic E-state index is 0.0744. The SMILES string of the molecule is O=C(NC[C@H]1CCCO1)c1ccc(S(=O)(=O)N2Cc3ccccc3C2)cc1. The van der Waals surface area contributed by atoms with E-state index in [1.54, 1.807) is 12.1 Å². The molecule has 2 aliphatic heterocycles. The molecule has 1 amide bonds. The number of sulfonamides is 1. The lowest BCUT2D eigenvalue weighted by molar-refractivity contribution is 0.0857. The zero-order chi connectivity index (χ0) is 18.9. The molecule has 1 atom stereocenters. The minimum Gasteiger partial charge on any atom is -0.376 e. The summed E-state index contributed by atoms with van der Waals surface area (Å²) in [5.74, 6) is -0.219. The van der Waals surface area contributed by atoms with Crippen LogP contribution in [0.3, 0.4) is 0 Å². The van der Waals surface area contributed by atoms with Gasteiger partial charge in [0.25, 0.3) is 5.91 Å². The molecular formula is C20H22N2O4S. The monoisotopic (exact) mass is 386 g/mol. The summed E-state index contributed by atoms with van der Waals surface area (Å²) in [5.41, 5.74) is 2.51. The second kappa shape index (κ2) is 7.42. The molecule has 0 saturated carbocycles. The van der Waals surface area contributed by atoms with E-state index in [-0.39, 0.29) is 16.9 Å². The first kappa shape index (κ1) is 18.2. The maximum Gasteiger partial charge on any atom is 0.251 e. The summed E-state index contributed by atoms with van der Waals surface area (Å²) in [6, 6.07) is 13.8. The number of benzene rings is 2. The Bertz CT molecular complexity index is 910. The first-order chi connectivity index (χ1) is 13.0. The van der Waals surface area contributed by atoms with Gasteiger partial charge < -0.3 is 10.1 Å². The summed E-state index contributed by atoms with van der Waals surface area (Å²) in [5, 5.41) is 2.84. The standard InChI is InChI=1S/C20H22N2O4S/c23-20(21-12-18-6-3-11-26-18)15-7-9-19(10-8-15)27(24,25)22-13-16-4-1-2-5-17(16)14-22/h1-2,4-5,7-10,18H,3,6,11-14H2,(H,21,23)/t18-/m1/s1. The average molecular weight is 386 g/mol. The van der Waals surface area contributed by atoms with Gasteiger partial charge in [-0.1, -0.05) is 24.3 Å². The van der Waals surface area contributed by atoms with Crippen molar-refractivity contribution in [3.05, 3.63) is 65.2 Å². The number of fused-ring (bicyclic) bond motifs is 1. The fourth-order valence-corrected chi connectivity index (χ4v) is 4.91. The predicted octanol–water partition coefficient (Wildman–Crippen LogP) is 2.30. The normalized spacial score (nSPS) is 19.8. The summed E-state index contributed by atoms with van der Waals surface area (Å²) in [6.45, 7) is 1.97. The van der Waals surface area contributed by atoms with Gasteiger partial charge in [-0.2, -0.15) is 4.31 Å². The largest absolute Gasteiger partial charge is 0.376 e. The van der Waals surface area contributed by atoms with Crippen molar-refractivity contribution in [3.63, 3.8) is 0 Å². The van der Waals surface area contributed by atoms with Crippen LogP contribution in [0.1, 0.15) is 34.3 Å². The lowest BCUT2D eigenvalue weighted by atomic mass is 10.1. The summed E-state index contributed by atoms with van der Waals surface area (Å²) >= 11 is 0. The van der Waals surface area contributed by atoms with Gasteiger partial charge in [0.05, 0.1) is 11.0 Å². The number of nitrogens with zero attached hydrogens (tertiary/aromatic N) is 1. The Labute approximate surface area is 159 Å². The lowest BCUT2D eigenvalue weighted by Crippen LogP contribution is -2.31. The van der Waals surface area contributed by atoms with Crippen molar-refractivity contribution in [1.82, 2.24) is 9.62 Å². The number of carbonyl (C=O) groups excluding carboxylic acids is 1. The van der Waals surface area contributed by atoms with Crippen LogP contribution >= 0.6 is 0 Å². The van der Waals surface area contributed by atoms with Crippen molar-refractivity contribution in [2.24, 2.45) is 0 Å². The van der Waals surface area contributed by atoms with Crippen LogP contribution in [0.25, 0.3) is 0 Å². The van der Waals surface area contributed by atoms with Crippen LogP contribution in [-0.2, 0) is 27.8 Å². The van der Waals surface area contributed by atoms with Crippen LogP contribution < -0.4 is 5.32 Å². The first-order valence-electron chi connectivity index (χ1n) is 9.11. The second-order valence-electron chi connectivity index (χ2n) is 6.91. The molecule has 0 spiro atoms. The highest BCUT2D eigenvalue weighted by atomic mass is 32.2. The number of hydrogen-bond donors (Lipinski definition) is 1. The van der Waals surface area contributed by atoms with Crippen LogP contribution in [-0.4, -0.2) is 37.9 Å². The molecular weight excluding hydrogens is 364 g/mol. The van der Waals surface area contributed by atoms with E-state index in [1.165, 1.54) is 16.4 Å². The number of amides is 1. The molecule has 1 fully saturated rings. The Hall–Kier alpha value is -2.22. The zero-order valence-electron chi connectivity index (χ0n) is 14.9. The van der Waals surface area contributed by atoms with E-state index in [0.29, 0.717) is 25.2 Å². The van der Waals surface area contributed by atoms with E-state index < -0.39 is 10.0 Å². The summed E-state index contributed by atoms with van der Waals surface area (Å²) in [4.78, 5) is 12.4. The Balaban J connectivity index is 1.43. The molecule has 27 heavy (non-hydrogen) atoms. The molecule has 0 bridgehead atoms. The number of hydrogen-bond acceptors (Lipinski definition) is 4. The van der Waals surface area contributed by atoms with E-state index in [9.17, 15) is 13.2 Å². The number of ether oxygens (including phenoxy) is 1. The second-order valence-corrected chi connectivity index (χ2v) is 8.85. The third-order valence-electron chi connectivity index (χ3n) is 5.08. The van der Waals surface area contributed by atoms with Crippen LogP contribution in [0.15, 0.2) is 53.4 Å². The topological polar surface area (TPSA) is 75.7 Å². The fraction of sp³-hybridized carbons (Fsp3) is 0.350. The quantitative estimate of drug-likeness (QED) is 0.856. The molecule has 0 aromatic heterocycles. The first-order valence-corrected chi connectivity index (χ1v) is 10.5. The summed E-state index contributed by atoms with van der Waals surface area (Å²) in [6.07, 6.45) is 2.05. The van der Waals surface area contributed by atoms with Crippen LogP contribution in [0.2, 0.25) is 0 Å². The molecule has 1 saturated heterocycles. The number of nitrogens with one attached hydrogen (secondary N) is 1. The molecule has 7 heteroatoms. The maximum absolute atomic E-state index is 12.9. The van der Waals surface area contributed by atoms with Crippen molar-refractivity contribution < 1.29 is 17.9 Å². The average Bonchev–Trinajstić information content (AvgIpc) is 3.36. The molecule has 1 N–H and O–H groups in total. The van der Waals surface area contributed by atoms with Crippen LogP contribution in [0.5, 0.6) is 0 Å². The highest BCUT2D eigenvalue weighted by molar-refractivity contribution is 7.89. The summed E-state index contributed by atoms with van der Waals surface area (Å²) < 4.78 is 32.7. The van der Waals surface area contributed by atoms with E-state index in [0.717, 1.165) is 30.6 Å². The van der Waals surface area contributed by atoms with E-state index >= 15 is 0 Å². The zero-order valence-corrected chi connectivity index (χ0v) is 15.7. The smallest absolute Gasteiger partial charge is 0.251 e. The third-order valence-corrected chi connectivity index (χ3v) is 6.89. The molecule has 0 radical (unpaired) electrons. The van der Waals surface area contributed by atoms with Gasteiger partial charge in [0.2, 0.25) is 10.0 Å². The van der Waals surface area contributed by atoms with E-state index in [1.807, 2.05) is 24.3 Å². The lowest BCUT2D eigenvalue weighted by Gasteiger charge is -2.16. The van der Waals surface area contributed by atoms with E-state index in [4.69, 9.17) is 4.74 Å². The minimum atomic E-state index is -3.59. The molecule has 0 aliphatic carbocycles. The fourth-order valence-electron chi connectivity index (χ4n) is 3.51. The number of rotatable bonds is 5. The van der Waals surface area contributed by atoms with Gasteiger partial charge in [-0.15, -0.1) is 0 Å². The third kappa shape index (κ3) is 3.76. The molecule has 2 aromatic rings. The van der Waals surface area contributed by atoms with Gasteiger partial charge >= 0.3 is 0 Å². The Morgan fingerprint density at radius 1 is 1.07 bits per heavy atom. The van der Waals surface area contributed by atoms with Gasteiger partial charge in [0.1, 0.15) is 0 Å². The molecule has 2 aliphatic rings. The Kier molecular flexibility index (Phi) is 4.99. The van der Waals surface area contributed by atoms with Crippen LogP contribution in [0, 0.1) is 0 Å². The predicted molar refractivity (Wildman–Crippen MR) is 101 cm³/mol. The van der Waals surface area contributed by atoms with Gasteiger partial charge in [0, 0.05) is 31.8 Å². The van der Waals surface area contributed by atoms with Crippen molar-refractivity contribution in [1.29, 1.82) is 0 Å². The van der Waals surface area contributed by atoms with Crippen molar-refractivity contribution in [2.45, 2.75) is 36.9 Å². The Morgan fingerprint density at radius 3 is 2.33 bits per heavy atom. The van der Waals surface area contributed by atoms with Gasteiger partial charge in [0.15, 0.2) is 0 Å². The van der Waals surface area contributed by atoms with Gasteiger partial charge in [-0.25, -0.2) is 8.42 Å². The number of carbonyl (C=O) groups is 1. The Morgan fingerprint density at radius 2 is 1.74 bits per heavy atom. The highest BCUT2D eigenvalue weighted by Crippen LogP contribution is 2.28. The summed E-state index contributed by atoms with van der Waals surface area (Å²) in [7, 11) is -3.59. The molecule has 4 rings (SSSR count). The van der Waals surface area contributed by atoms with Crippen LogP contribution in [0.4, 0.5) is 0 Å². The molecule has 0 unspecified atom stereocenters. The van der Waals surface area contributed by atoms with Crippen molar-refractivity contribution in [3.8, 4) is 0 Å². The molecule has 2 heterocycles. The van der Waals surface area contributed by atoms with Crippen molar-refractivity contribution in [2.75, 3.05) is 13.2 Å². The van der Waals surface area contributed by atoms with Crippen molar-refractivity contribution >= 4 is 15.9 Å². The van der Waals surface area contributed by atoms with E-state index in [2.05, 4.69) is 5.32 Å². The highest BCUT2D eigenvalue weighted by Gasteiger charge is 2.30.